The second-order valence-corrected chi connectivity index (χ2v) is 7.49. The summed E-state index contributed by atoms with van der Waals surface area (Å²) in [6, 6.07) is 0.509. The molecule has 0 amide bonds. The predicted molar refractivity (Wildman–Crippen MR) is 76.2 cm³/mol. The lowest BCUT2D eigenvalue weighted by atomic mass is 9.62. The molecule has 0 radical (unpaired) electrons. The molecule has 2 nitrogen and oxygen atoms in total. The summed E-state index contributed by atoms with van der Waals surface area (Å²) in [5.41, 5.74) is 0.468. The number of ether oxygens (including phenoxy) is 1. The van der Waals surface area contributed by atoms with Crippen molar-refractivity contribution in [3.8, 4) is 0 Å². The maximum Gasteiger partial charge on any atom is 0.340 e. The Morgan fingerprint density at radius 1 is 1.17 bits per heavy atom. The maximum atomic E-state index is 6.38. The Balaban J connectivity index is 2.55. The van der Waals surface area contributed by atoms with E-state index in [1.165, 1.54) is 25.2 Å². The molecule has 0 spiro atoms. The van der Waals surface area contributed by atoms with Crippen molar-refractivity contribution < 1.29 is 9.31 Å². The zero-order valence-electron chi connectivity index (χ0n) is 13.2. The lowest BCUT2D eigenvalue weighted by Gasteiger charge is -2.45. The highest BCUT2D eigenvalue weighted by molar-refractivity contribution is 5.75. The van der Waals surface area contributed by atoms with E-state index in [1.54, 1.807) is 0 Å². The van der Waals surface area contributed by atoms with Gasteiger partial charge in [-0.3, -0.25) is 0 Å². The number of nitrogens with zero attached hydrogens (tertiary/aromatic N) is 1. The minimum atomic E-state index is 0.152. The topological polar surface area (TPSA) is 12.2 Å². The second-order valence-electron chi connectivity index (χ2n) is 7.49. The van der Waals surface area contributed by atoms with Crippen LogP contribution in [0.1, 0.15) is 67.7 Å². The van der Waals surface area contributed by atoms with Crippen LogP contribution < -0.4 is 0 Å². The first-order chi connectivity index (χ1) is 8.22. The molecule has 1 aliphatic heterocycles. The SMILES string of the molecule is CC(C)C1=[N+](C(C)C)[C@@]2(C)[C@@H](CCCC2(C)C)O1. The van der Waals surface area contributed by atoms with Gasteiger partial charge >= 0.3 is 5.90 Å². The maximum absolute atomic E-state index is 6.38. The molecule has 2 atom stereocenters. The van der Waals surface area contributed by atoms with Crippen molar-refractivity contribution in [2.45, 2.75) is 85.4 Å². The highest BCUT2D eigenvalue weighted by atomic mass is 16.5. The molecule has 1 heterocycles. The highest BCUT2D eigenvalue weighted by Crippen LogP contribution is 2.50. The summed E-state index contributed by atoms with van der Waals surface area (Å²) in [5, 5.41) is 0. The fourth-order valence-corrected chi connectivity index (χ4v) is 3.99. The third-order valence-corrected chi connectivity index (χ3v) is 5.28. The van der Waals surface area contributed by atoms with E-state index in [2.05, 4.69) is 53.0 Å². The van der Waals surface area contributed by atoms with Gasteiger partial charge in [0.25, 0.3) is 0 Å². The average Bonchev–Trinajstić information content (AvgIpc) is 2.53. The molecule has 2 rings (SSSR count). The highest BCUT2D eigenvalue weighted by Gasteiger charge is 2.64. The fourth-order valence-electron chi connectivity index (χ4n) is 3.99. The summed E-state index contributed by atoms with van der Waals surface area (Å²) in [4.78, 5) is 0. The fraction of sp³-hybridized carbons (Fsp3) is 0.938. The Bertz CT molecular complexity index is 367. The van der Waals surface area contributed by atoms with Crippen LogP contribution in [0.2, 0.25) is 0 Å². The predicted octanol–water partition coefficient (Wildman–Crippen LogP) is 3.83. The van der Waals surface area contributed by atoms with Gasteiger partial charge in [0.1, 0.15) is 0 Å². The first-order valence-electron chi connectivity index (χ1n) is 7.54. The van der Waals surface area contributed by atoms with E-state index in [0.717, 1.165) is 0 Å². The van der Waals surface area contributed by atoms with Crippen LogP contribution in [0, 0.1) is 11.3 Å². The van der Waals surface area contributed by atoms with Crippen LogP contribution >= 0.6 is 0 Å². The molecule has 2 aliphatic rings. The van der Waals surface area contributed by atoms with E-state index in [-0.39, 0.29) is 5.54 Å². The zero-order valence-corrected chi connectivity index (χ0v) is 13.2. The molecule has 0 bridgehead atoms. The molecule has 1 aliphatic carbocycles. The summed E-state index contributed by atoms with van der Waals surface area (Å²) in [6.45, 7) is 16.3. The van der Waals surface area contributed by atoms with Crippen LogP contribution in [0.25, 0.3) is 0 Å². The molecule has 0 aromatic heterocycles. The van der Waals surface area contributed by atoms with Gasteiger partial charge in [-0.2, -0.15) is 4.58 Å². The third kappa shape index (κ3) is 1.71. The Labute approximate surface area is 112 Å². The lowest BCUT2D eigenvalue weighted by Crippen LogP contribution is -2.60. The largest absolute Gasteiger partial charge is 0.437 e. The van der Waals surface area contributed by atoms with Crippen molar-refractivity contribution in [1.29, 1.82) is 0 Å². The number of hydrogen-bond donors (Lipinski definition) is 0. The van der Waals surface area contributed by atoms with Gasteiger partial charge in [0.05, 0.1) is 5.92 Å². The van der Waals surface area contributed by atoms with Crippen molar-refractivity contribution in [2.24, 2.45) is 11.3 Å². The molecular formula is C16H30NO+. The van der Waals surface area contributed by atoms with Gasteiger partial charge in [-0.1, -0.05) is 13.8 Å². The van der Waals surface area contributed by atoms with Crippen molar-refractivity contribution in [2.75, 3.05) is 0 Å². The van der Waals surface area contributed by atoms with E-state index in [1.807, 2.05) is 0 Å². The molecule has 1 saturated carbocycles. The van der Waals surface area contributed by atoms with E-state index in [0.29, 0.717) is 23.5 Å². The van der Waals surface area contributed by atoms with Crippen LogP contribution in [0.15, 0.2) is 0 Å². The Morgan fingerprint density at radius 3 is 2.28 bits per heavy atom. The summed E-state index contributed by atoms with van der Waals surface area (Å²) < 4.78 is 8.97. The molecule has 1 fully saturated rings. The van der Waals surface area contributed by atoms with Crippen LogP contribution in [0.5, 0.6) is 0 Å². The minimum absolute atomic E-state index is 0.152. The standard InChI is InChI=1S/C16H30NO/c1-11(2)14-17(12(3)4)16(7)13(18-14)9-8-10-15(16,5)6/h11-13H,8-10H2,1-7H3/q+1/t13-,16+/m1/s1. The zero-order chi connectivity index (χ0) is 13.7. The summed E-state index contributed by atoms with van der Waals surface area (Å²) >= 11 is 0. The van der Waals surface area contributed by atoms with Crippen LogP contribution in [0.4, 0.5) is 0 Å². The average molecular weight is 252 g/mol. The number of rotatable bonds is 2. The van der Waals surface area contributed by atoms with E-state index in [4.69, 9.17) is 4.74 Å². The quantitative estimate of drug-likeness (QED) is 0.680. The monoisotopic (exact) mass is 252 g/mol. The van der Waals surface area contributed by atoms with Gasteiger partial charge in [0.15, 0.2) is 12.1 Å². The van der Waals surface area contributed by atoms with Gasteiger partial charge in [0, 0.05) is 12.3 Å². The Morgan fingerprint density at radius 2 is 1.78 bits per heavy atom. The van der Waals surface area contributed by atoms with Crippen LogP contribution in [-0.4, -0.2) is 28.2 Å². The molecule has 0 aromatic carbocycles. The second kappa shape index (κ2) is 4.25. The molecule has 104 valence electrons. The van der Waals surface area contributed by atoms with Gasteiger partial charge in [-0.25, -0.2) is 0 Å². The van der Waals surface area contributed by atoms with Gasteiger partial charge in [-0.15, -0.1) is 0 Å². The smallest absolute Gasteiger partial charge is 0.340 e. The number of hydrogen-bond acceptors (Lipinski definition) is 1. The van der Waals surface area contributed by atoms with E-state index in [9.17, 15) is 0 Å². The third-order valence-electron chi connectivity index (χ3n) is 5.28. The van der Waals surface area contributed by atoms with Crippen molar-refractivity contribution >= 4 is 5.90 Å². The molecule has 0 aromatic rings. The summed E-state index contributed by atoms with van der Waals surface area (Å²) in [5.74, 6) is 1.69. The van der Waals surface area contributed by atoms with Gasteiger partial charge in [-0.05, 0) is 47.0 Å². The first-order valence-corrected chi connectivity index (χ1v) is 7.54. The Kier molecular flexibility index (Phi) is 3.28. The van der Waals surface area contributed by atoms with E-state index < -0.39 is 0 Å². The first kappa shape index (κ1) is 13.9. The molecule has 0 N–H and O–H groups in total. The van der Waals surface area contributed by atoms with Crippen molar-refractivity contribution in [1.82, 2.24) is 0 Å². The number of fused-ring (bicyclic) bond motifs is 1. The van der Waals surface area contributed by atoms with Crippen LogP contribution in [0.3, 0.4) is 0 Å². The summed E-state index contributed by atoms with van der Waals surface area (Å²) in [6.07, 6.45) is 4.18. The van der Waals surface area contributed by atoms with Crippen molar-refractivity contribution in [3.63, 3.8) is 0 Å². The van der Waals surface area contributed by atoms with E-state index >= 15 is 0 Å². The molecule has 2 heteroatoms. The molecular weight excluding hydrogens is 222 g/mol. The normalized spacial score (nSPS) is 35.1. The molecule has 0 saturated heterocycles. The van der Waals surface area contributed by atoms with Gasteiger partial charge < -0.3 is 4.74 Å². The Hall–Kier alpha value is -0.530. The lowest BCUT2D eigenvalue weighted by molar-refractivity contribution is -0.646. The molecule has 0 unspecified atom stereocenters. The van der Waals surface area contributed by atoms with Gasteiger partial charge in [0.2, 0.25) is 5.54 Å². The minimum Gasteiger partial charge on any atom is -0.437 e. The molecule has 18 heavy (non-hydrogen) atoms. The van der Waals surface area contributed by atoms with Crippen LogP contribution in [-0.2, 0) is 4.74 Å². The summed E-state index contributed by atoms with van der Waals surface area (Å²) in [7, 11) is 0. The van der Waals surface area contributed by atoms with Crippen molar-refractivity contribution in [3.05, 3.63) is 0 Å².